The van der Waals surface area contributed by atoms with E-state index in [9.17, 15) is 13.2 Å². The topological polar surface area (TPSA) is 16.1 Å². The Morgan fingerprint density at radius 2 is 1.54 bits per heavy atom. The normalized spacial score (nSPS) is 12.0. The average molecular weight is 509 g/mol. The highest BCUT2D eigenvalue weighted by Gasteiger charge is 2.31. The zero-order chi connectivity index (χ0) is 27.1. The highest BCUT2D eigenvalue weighted by molar-refractivity contribution is 6.51. The second kappa shape index (κ2) is 12.6. The van der Waals surface area contributed by atoms with Crippen LogP contribution in [0, 0.1) is 13.8 Å². The third-order valence-corrected chi connectivity index (χ3v) is 7.29. The summed E-state index contributed by atoms with van der Waals surface area (Å²) in [6.45, 7) is 16.1. The average Bonchev–Trinajstić information content (AvgIpc) is 2.87. The maximum atomic E-state index is 13.1. The predicted octanol–water partition coefficient (Wildman–Crippen LogP) is 6.55. The zero-order valence-corrected chi connectivity index (χ0v) is 22.8. The van der Waals surface area contributed by atoms with Crippen LogP contribution >= 0.6 is 0 Å². The Balaban J connectivity index is 1.78. The van der Waals surface area contributed by atoms with Crippen LogP contribution < -0.4 is 10.4 Å². The van der Waals surface area contributed by atoms with Crippen molar-refractivity contribution in [2.24, 2.45) is 0 Å². The van der Waals surface area contributed by atoms with Gasteiger partial charge in [-0.2, -0.15) is 13.2 Å². The van der Waals surface area contributed by atoms with Gasteiger partial charge in [-0.3, -0.25) is 0 Å². The lowest BCUT2D eigenvalue weighted by Crippen LogP contribution is -2.48. The van der Waals surface area contributed by atoms with E-state index in [0.717, 1.165) is 60.4 Å². The molecule has 1 heterocycles. The van der Waals surface area contributed by atoms with Crippen molar-refractivity contribution in [1.29, 1.82) is 0 Å². The van der Waals surface area contributed by atoms with Gasteiger partial charge in [-0.15, -0.1) is 0 Å². The van der Waals surface area contributed by atoms with E-state index in [1.165, 1.54) is 22.8 Å². The number of nitrogens with zero attached hydrogens (tertiary/aromatic N) is 3. The smallest absolute Gasteiger partial charge is 0.352 e. The number of benzene rings is 2. The SMILES string of the molecule is C[B]c1ccc(CN(CCC[N+](CC)(CC)Cc2cc(C)cc(C)c2)c2ccc(C(F)(F)F)cn2)cc1. The van der Waals surface area contributed by atoms with E-state index in [1.807, 2.05) is 14.1 Å². The van der Waals surface area contributed by atoms with Gasteiger partial charge in [-0.1, -0.05) is 65.9 Å². The van der Waals surface area contributed by atoms with Crippen LogP contribution in [0.15, 0.2) is 60.8 Å². The van der Waals surface area contributed by atoms with Gasteiger partial charge in [0, 0.05) is 31.3 Å². The van der Waals surface area contributed by atoms with E-state index in [-0.39, 0.29) is 0 Å². The Labute approximate surface area is 221 Å². The highest BCUT2D eigenvalue weighted by atomic mass is 19.4. The monoisotopic (exact) mass is 509 g/mol. The van der Waals surface area contributed by atoms with E-state index in [2.05, 4.69) is 80.0 Å². The zero-order valence-electron chi connectivity index (χ0n) is 22.8. The number of anilines is 1. The first-order valence-electron chi connectivity index (χ1n) is 13.2. The molecule has 0 unspecified atom stereocenters. The van der Waals surface area contributed by atoms with Crippen molar-refractivity contribution in [3.05, 3.63) is 88.6 Å². The summed E-state index contributed by atoms with van der Waals surface area (Å²) in [7, 11) is 2.04. The van der Waals surface area contributed by atoms with Crippen LogP contribution in [0.2, 0.25) is 6.82 Å². The second-order valence-electron chi connectivity index (χ2n) is 10.1. The summed E-state index contributed by atoms with van der Waals surface area (Å²) >= 11 is 0. The number of aromatic nitrogens is 1. The molecule has 0 saturated carbocycles. The molecule has 0 atom stereocenters. The van der Waals surface area contributed by atoms with Crippen molar-refractivity contribution >= 4 is 18.6 Å². The first-order chi connectivity index (χ1) is 17.6. The Bertz CT molecular complexity index is 1100. The standard InChI is InChI=1S/C30H39BF3N3/c1-6-37(7-2,22-26-18-23(3)17-24(4)19-26)16-8-15-36(21-25-9-12-28(31-5)13-10-25)29-14-11-27(20-35-29)30(32,33)34/h9-14,17-20H,6-8,15-16,21-22H2,1-5H3/q+1. The Hall–Kier alpha value is -2.80. The fraction of sp³-hybridized carbons (Fsp3) is 0.433. The molecule has 0 aliphatic carbocycles. The van der Waals surface area contributed by atoms with Crippen LogP contribution in [0.5, 0.6) is 0 Å². The van der Waals surface area contributed by atoms with E-state index in [4.69, 9.17) is 0 Å². The number of pyridine rings is 1. The Kier molecular flexibility index (Phi) is 9.83. The summed E-state index contributed by atoms with van der Waals surface area (Å²) in [4.78, 5) is 6.31. The lowest BCUT2D eigenvalue weighted by molar-refractivity contribution is -0.937. The Morgan fingerprint density at radius 1 is 0.892 bits per heavy atom. The van der Waals surface area contributed by atoms with E-state index < -0.39 is 11.7 Å². The quantitative estimate of drug-likeness (QED) is 0.203. The van der Waals surface area contributed by atoms with Gasteiger partial charge in [-0.25, -0.2) is 4.98 Å². The molecular formula is C30H39BF3N3+. The van der Waals surface area contributed by atoms with E-state index >= 15 is 0 Å². The van der Waals surface area contributed by atoms with Crippen molar-refractivity contribution in [3.8, 4) is 0 Å². The second-order valence-corrected chi connectivity index (χ2v) is 10.1. The number of aryl methyl sites for hydroxylation is 2. The minimum atomic E-state index is -4.39. The van der Waals surface area contributed by atoms with Crippen LogP contribution in [0.1, 0.15) is 48.1 Å². The molecule has 0 fully saturated rings. The highest BCUT2D eigenvalue weighted by Crippen LogP contribution is 2.29. The lowest BCUT2D eigenvalue weighted by Gasteiger charge is -2.38. The number of halogens is 3. The molecule has 2 aromatic carbocycles. The molecule has 1 radical (unpaired) electrons. The molecule has 0 spiro atoms. The molecule has 0 amide bonds. The van der Waals surface area contributed by atoms with Gasteiger partial charge in [0.1, 0.15) is 19.6 Å². The summed E-state index contributed by atoms with van der Waals surface area (Å²) in [5.41, 5.74) is 5.45. The number of hydrogen-bond acceptors (Lipinski definition) is 2. The predicted molar refractivity (Wildman–Crippen MR) is 148 cm³/mol. The molecular weight excluding hydrogens is 470 g/mol. The minimum Gasteiger partial charge on any atom is -0.352 e. The molecule has 3 aromatic rings. The fourth-order valence-corrected chi connectivity index (χ4v) is 5.04. The van der Waals surface area contributed by atoms with Gasteiger partial charge in [0.25, 0.3) is 0 Å². The molecule has 0 bridgehead atoms. The van der Waals surface area contributed by atoms with Crippen LogP contribution in [-0.4, -0.2) is 42.9 Å². The minimum absolute atomic E-state index is 0.569. The van der Waals surface area contributed by atoms with Crippen LogP contribution in [-0.2, 0) is 19.3 Å². The molecule has 1 aromatic heterocycles. The molecule has 197 valence electrons. The molecule has 7 heteroatoms. The molecule has 0 saturated heterocycles. The fourth-order valence-electron chi connectivity index (χ4n) is 5.04. The molecule has 3 rings (SSSR count). The van der Waals surface area contributed by atoms with Crippen molar-refractivity contribution in [1.82, 2.24) is 4.98 Å². The van der Waals surface area contributed by atoms with E-state index in [0.29, 0.717) is 18.9 Å². The van der Waals surface area contributed by atoms with Gasteiger partial charge in [0.15, 0.2) is 0 Å². The van der Waals surface area contributed by atoms with Crippen LogP contribution in [0.4, 0.5) is 19.0 Å². The summed E-state index contributed by atoms with van der Waals surface area (Å²) in [6, 6.07) is 17.7. The van der Waals surface area contributed by atoms with Crippen molar-refractivity contribution in [3.63, 3.8) is 0 Å². The molecule has 0 aliphatic rings. The largest absolute Gasteiger partial charge is 0.417 e. The number of rotatable bonds is 12. The molecule has 0 aliphatic heterocycles. The number of quaternary nitrogens is 1. The van der Waals surface area contributed by atoms with Crippen LogP contribution in [0.3, 0.4) is 0 Å². The van der Waals surface area contributed by atoms with Gasteiger partial charge in [-0.05, 0) is 45.4 Å². The van der Waals surface area contributed by atoms with Gasteiger partial charge in [0.2, 0.25) is 0 Å². The lowest BCUT2D eigenvalue weighted by atomic mass is 9.73. The maximum Gasteiger partial charge on any atom is 0.417 e. The number of alkyl halides is 3. The molecule has 37 heavy (non-hydrogen) atoms. The third-order valence-electron chi connectivity index (χ3n) is 7.29. The van der Waals surface area contributed by atoms with Crippen LogP contribution in [0.25, 0.3) is 0 Å². The van der Waals surface area contributed by atoms with Crippen molar-refractivity contribution in [2.75, 3.05) is 31.1 Å². The van der Waals surface area contributed by atoms with Gasteiger partial charge in [0.05, 0.1) is 25.2 Å². The summed E-state index contributed by atoms with van der Waals surface area (Å²) < 4.78 is 40.3. The Morgan fingerprint density at radius 3 is 2.05 bits per heavy atom. The number of hydrogen-bond donors (Lipinski definition) is 0. The van der Waals surface area contributed by atoms with Crippen molar-refractivity contribution < 1.29 is 17.7 Å². The summed E-state index contributed by atoms with van der Waals surface area (Å²) in [6.07, 6.45) is -2.54. The third kappa shape index (κ3) is 8.09. The molecule has 0 N–H and O–H groups in total. The molecule has 3 nitrogen and oxygen atoms in total. The van der Waals surface area contributed by atoms with Crippen molar-refractivity contribution in [2.45, 2.75) is 60.2 Å². The summed E-state index contributed by atoms with van der Waals surface area (Å²) in [5, 5.41) is 0. The van der Waals surface area contributed by atoms with Gasteiger partial charge < -0.3 is 9.38 Å². The first-order valence-corrected chi connectivity index (χ1v) is 13.2. The van der Waals surface area contributed by atoms with Gasteiger partial charge >= 0.3 is 6.18 Å². The first kappa shape index (κ1) is 28.8. The maximum absolute atomic E-state index is 13.1. The van der Waals surface area contributed by atoms with E-state index in [1.54, 1.807) is 0 Å². The summed E-state index contributed by atoms with van der Waals surface area (Å²) in [5.74, 6) is 0.569.